The van der Waals surface area contributed by atoms with Gasteiger partial charge in [0.1, 0.15) is 17.5 Å². The number of hydrogen-bond donors (Lipinski definition) is 2. The minimum absolute atomic E-state index is 0.0773. The maximum absolute atomic E-state index is 13.9. The van der Waals surface area contributed by atoms with Gasteiger partial charge in [0.05, 0.1) is 11.1 Å². The molecule has 0 aromatic heterocycles. The molecule has 0 bridgehead atoms. The lowest BCUT2D eigenvalue weighted by molar-refractivity contribution is 0.0925. The molecule has 0 atom stereocenters. The van der Waals surface area contributed by atoms with Crippen LogP contribution < -0.4 is 15.5 Å². The molecule has 0 unspecified atom stereocenters. The van der Waals surface area contributed by atoms with Crippen LogP contribution in [0.15, 0.2) is 66.7 Å². The number of piperidine rings is 1. The van der Waals surface area contributed by atoms with Crippen LogP contribution in [-0.4, -0.2) is 30.9 Å². The van der Waals surface area contributed by atoms with Crippen molar-refractivity contribution in [2.24, 2.45) is 0 Å². The largest absolute Gasteiger partial charge is 0.371 e. The summed E-state index contributed by atoms with van der Waals surface area (Å²) in [5.41, 5.74) is 1.45. The lowest BCUT2D eigenvalue weighted by Crippen LogP contribution is -2.45. The van der Waals surface area contributed by atoms with Gasteiger partial charge in [-0.15, -0.1) is 0 Å². The van der Waals surface area contributed by atoms with Gasteiger partial charge in [-0.25, -0.2) is 13.2 Å². The summed E-state index contributed by atoms with van der Waals surface area (Å²) in [7, 11) is 0. The molecule has 1 aliphatic heterocycles. The van der Waals surface area contributed by atoms with Gasteiger partial charge in [-0.3, -0.25) is 9.59 Å². The summed E-state index contributed by atoms with van der Waals surface area (Å²) >= 11 is 0. The molecule has 176 valence electrons. The Balaban J connectivity index is 1.36. The van der Waals surface area contributed by atoms with Crippen molar-refractivity contribution in [2.75, 3.05) is 18.0 Å². The molecular weight excluding hydrogens is 443 g/mol. The van der Waals surface area contributed by atoms with Crippen LogP contribution in [0.25, 0.3) is 0 Å². The van der Waals surface area contributed by atoms with Crippen LogP contribution >= 0.6 is 0 Å². The van der Waals surface area contributed by atoms with Crippen LogP contribution in [0.5, 0.6) is 0 Å². The minimum Gasteiger partial charge on any atom is -0.371 e. The number of para-hydroxylation sites is 1. The predicted octanol–water partition coefficient (Wildman–Crippen LogP) is 4.43. The number of nitrogens with zero attached hydrogens (tertiary/aromatic N) is 1. The highest BCUT2D eigenvalue weighted by atomic mass is 19.1. The zero-order chi connectivity index (χ0) is 24.1. The number of hydrogen-bond acceptors (Lipinski definition) is 3. The Morgan fingerprint density at radius 3 is 2.26 bits per heavy atom. The first-order valence-electron chi connectivity index (χ1n) is 11.0. The first-order valence-corrected chi connectivity index (χ1v) is 11.0. The third-order valence-electron chi connectivity index (χ3n) is 5.89. The summed E-state index contributed by atoms with van der Waals surface area (Å²) in [6, 6.07) is 16.2. The van der Waals surface area contributed by atoms with Crippen LogP contribution in [0, 0.1) is 17.5 Å². The highest BCUT2D eigenvalue weighted by molar-refractivity contribution is 5.99. The molecule has 0 radical (unpaired) electrons. The second-order valence-corrected chi connectivity index (χ2v) is 8.15. The third kappa shape index (κ3) is 5.39. The number of halogens is 3. The van der Waals surface area contributed by atoms with E-state index >= 15 is 0 Å². The summed E-state index contributed by atoms with van der Waals surface area (Å²) in [6.07, 6.45) is 1.19. The van der Waals surface area contributed by atoms with Crippen LogP contribution in [-0.2, 0) is 6.54 Å². The molecule has 0 spiro atoms. The Morgan fingerprint density at radius 2 is 1.53 bits per heavy atom. The quantitative estimate of drug-likeness (QED) is 0.564. The molecule has 1 heterocycles. The molecular formula is C26H24F3N3O2. The lowest BCUT2D eigenvalue weighted by atomic mass is 10.0. The summed E-state index contributed by atoms with van der Waals surface area (Å²) in [5, 5.41) is 5.58. The van der Waals surface area contributed by atoms with Crippen molar-refractivity contribution in [1.82, 2.24) is 10.6 Å². The zero-order valence-electron chi connectivity index (χ0n) is 18.4. The van der Waals surface area contributed by atoms with Crippen LogP contribution in [0.2, 0.25) is 0 Å². The molecule has 5 nitrogen and oxygen atoms in total. The Hall–Kier alpha value is -3.81. The van der Waals surface area contributed by atoms with Gasteiger partial charge in [0.25, 0.3) is 11.8 Å². The van der Waals surface area contributed by atoms with Crippen molar-refractivity contribution in [2.45, 2.75) is 25.4 Å². The van der Waals surface area contributed by atoms with E-state index in [9.17, 15) is 22.8 Å². The number of anilines is 1. The van der Waals surface area contributed by atoms with E-state index in [2.05, 4.69) is 15.5 Å². The van der Waals surface area contributed by atoms with E-state index < -0.39 is 17.5 Å². The van der Waals surface area contributed by atoms with Gasteiger partial charge in [-0.05, 0) is 43.2 Å². The van der Waals surface area contributed by atoms with Gasteiger partial charge in [0.2, 0.25) is 0 Å². The first kappa shape index (κ1) is 23.4. The normalized spacial score (nSPS) is 14.0. The minimum atomic E-state index is -0.898. The molecule has 3 aromatic rings. The fourth-order valence-electron chi connectivity index (χ4n) is 4.06. The smallest absolute Gasteiger partial charge is 0.254 e. The van der Waals surface area contributed by atoms with E-state index in [1.807, 2.05) is 12.1 Å². The van der Waals surface area contributed by atoms with E-state index in [-0.39, 0.29) is 29.9 Å². The second-order valence-electron chi connectivity index (χ2n) is 8.15. The lowest BCUT2D eigenvalue weighted by Gasteiger charge is -2.35. The van der Waals surface area contributed by atoms with Crippen LogP contribution in [0.1, 0.15) is 39.1 Å². The number of rotatable bonds is 6. The number of carbonyl (C=O) groups excluding carboxylic acids is 2. The molecule has 1 fully saturated rings. The highest BCUT2D eigenvalue weighted by Gasteiger charge is 2.25. The predicted molar refractivity (Wildman–Crippen MR) is 123 cm³/mol. The standard InChI is InChI=1S/C26H24F3N3O2/c27-18-9-10-20(23(29)15-18)26(34)31-19-11-13-32(14-12-19)24-8-4-2-6-21(24)25(33)30-16-17-5-1-3-7-22(17)28/h1-10,15,19H,11-14,16H2,(H,30,33)(H,31,34). The maximum atomic E-state index is 13.9. The summed E-state index contributed by atoms with van der Waals surface area (Å²) in [5.74, 6) is -2.89. The van der Waals surface area contributed by atoms with Crippen molar-refractivity contribution < 1.29 is 22.8 Å². The molecule has 8 heteroatoms. The van der Waals surface area contributed by atoms with Crippen molar-refractivity contribution in [3.8, 4) is 0 Å². The average Bonchev–Trinajstić information content (AvgIpc) is 2.84. The molecule has 34 heavy (non-hydrogen) atoms. The van der Waals surface area contributed by atoms with Gasteiger partial charge in [-0.1, -0.05) is 30.3 Å². The van der Waals surface area contributed by atoms with E-state index in [1.54, 1.807) is 30.3 Å². The van der Waals surface area contributed by atoms with Gasteiger partial charge >= 0.3 is 0 Å². The molecule has 1 saturated heterocycles. The van der Waals surface area contributed by atoms with Crippen LogP contribution in [0.3, 0.4) is 0 Å². The van der Waals surface area contributed by atoms with Crippen molar-refractivity contribution in [1.29, 1.82) is 0 Å². The topological polar surface area (TPSA) is 61.4 Å². The average molecular weight is 467 g/mol. The number of carbonyl (C=O) groups is 2. The number of benzene rings is 3. The summed E-state index contributed by atoms with van der Waals surface area (Å²) in [6.45, 7) is 1.23. The van der Waals surface area contributed by atoms with E-state index in [0.29, 0.717) is 43.1 Å². The Kier molecular flexibility index (Phi) is 7.15. The first-order chi connectivity index (χ1) is 16.4. The van der Waals surface area contributed by atoms with Gasteiger partial charge in [0, 0.05) is 43.0 Å². The number of nitrogens with one attached hydrogen (secondary N) is 2. The van der Waals surface area contributed by atoms with Gasteiger partial charge < -0.3 is 15.5 Å². The fraction of sp³-hybridized carbons (Fsp3) is 0.231. The molecule has 2 N–H and O–H groups in total. The molecule has 1 aliphatic rings. The van der Waals surface area contributed by atoms with Crippen molar-refractivity contribution in [3.05, 3.63) is 101 Å². The van der Waals surface area contributed by atoms with E-state index in [4.69, 9.17) is 0 Å². The number of amides is 2. The SMILES string of the molecule is O=C(NC1CCN(c2ccccc2C(=O)NCc2ccccc2F)CC1)c1ccc(F)cc1F. The van der Waals surface area contributed by atoms with E-state index in [1.165, 1.54) is 6.07 Å². The second kappa shape index (κ2) is 10.4. The summed E-state index contributed by atoms with van der Waals surface area (Å²) < 4.78 is 40.8. The molecule has 0 saturated carbocycles. The fourth-order valence-corrected chi connectivity index (χ4v) is 4.06. The van der Waals surface area contributed by atoms with Crippen LogP contribution in [0.4, 0.5) is 18.9 Å². The third-order valence-corrected chi connectivity index (χ3v) is 5.89. The monoisotopic (exact) mass is 467 g/mol. The van der Waals surface area contributed by atoms with Crippen molar-refractivity contribution in [3.63, 3.8) is 0 Å². The molecule has 0 aliphatic carbocycles. The van der Waals surface area contributed by atoms with Crippen molar-refractivity contribution >= 4 is 17.5 Å². The Morgan fingerprint density at radius 1 is 0.824 bits per heavy atom. The molecule has 2 amide bonds. The zero-order valence-corrected chi connectivity index (χ0v) is 18.4. The Bertz CT molecular complexity index is 1190. The maximum Gasteiger partial charge on any atom is 0.254 e. The summed E-state index contributed by atoms with van der Waals surface area (Å²) in [4.78, 5) is 27.3. The molecule has 4 rings (SSSR count). The highest BCUT2D eigenvalue weighted by Crippen LogP contribution is 2.25. The Labute approximate surface area is 195 Å². The van der Waals surface area contributed by atoms with E-state index in [0.717, 1.165) is 17.8 Å². The van der Waals surface area contributed by atoms with Gasteiger partial charge in [0.15, 0.2) is 0 Å². The molecule has 3 aromatic carbocycles. The van der Waals surface area contributed by atoms with Gasteiger partial charge in [-0.2, -0.15) is 0 Å².